The van der Waals surface area contributed by atoms with Crippen molar-refractivity contribution in [3.05, 3.63) is 131 Å². The number of carbonyl (C=O) groups is 2. The molecule has 1 unspecified atom stereocenters. The molecule has 0 saturated heterocycles. The molecule has 0 aliphatic heterocycles. The molecular formula is C46H57N5O4. The van der Waals surface area contributed by atoms with E-state index in [9.17, 15) is 14.4 Å². The third-order valence-electron chi connectivity index (χ3n) is 9.85. The second kappa shape index (κ2) is 22.1. The Morgan fingerprint density at radius 3 is 1.98 bits per heavy atom. The zero-order valence-corrected chi connectivity index (χ0v) is 32.6. The lowest BCUT2D eigenvalue weighted by atomic mass is 10.0. The van der Waals surface area contributed by atoms with Crippen LogP contribution in [0.5, 0.6) is 5.75 Å². The van der Waals surface area contributed by atoms with E-state index in [1.807, 2.05) is 37.3 Å². The predicted molar refractivity (Wildman–Crippen MR) is 221 cm³/mol. The standard InChI is InChI=1S/C46H57N5O4/c1-3-5-6-7-8-9-10-11-12-13-14-15-18-24-36-25-23-28-40(35-36)55-41(4-2)45(53)47-38-29-31-39(32-30-38)51-46(54)42(50-33-21-17-22-34-50)43(49-51)48-44(52)37-26-19-16-20-27-37/h16-17,19-23,25-35,41H,3-15,18,24H2,1-2H3,(H,47,53)(H,48,49,52). The summed E-state index contributed by atoms with van der Waals surface area (Å²) in [7, 11) is 0. The third kappa shape index (κ3) is 12.6. The molecule has 3 aromatic carbocycles. The second-order valence-corrected chi connectivity index (χ2v) is 14.2. The van der Waals surface area contributed by atoms with Crippen molar-refractivity contribution in [1.29, 1.82) is 0 Å². The van der Waals surface area contributed by atoms with Crippen molar-refractivity contribution in [3.63, 3.8) is 0 Å². The summed E-state index contributed by atoms with van der Waals surface area (Å²) in [5.74, 6) is 0.182. The summed E-state index contributed by atoms with van der Waals surface area (Å²) in [6.07, 6.45) is 21.6. The minimum Gasteiger partial charge on any atom is -0.481 e. The van der Waals surface area contributed by atoms with E-state index in [1.54, 1.807) is 77.6 Å². The molecular weight excluding hydrogens is 687 g/mol. The van der Waals surface area contributed by atoms with Crippen LogP contribution in [0.3, 0.4) is 0 Å². The molecule has 290 valence electrons. The minimum absolute atomic E-state index is 0.129. The fourth-order valence-electron chi connectivity index (χ4n) is 6.72. The topological polar surface area (TPSA) is 106 Å². The largest absolute Gasteiger partial charge is 0.481 e. The molecule has 2 N–H and O–H groups in total. The summed E-state index contributed by atoms with van der Waals surface area (Å²) >= 11 is 0. The van der Waals surface area contributed by atoms with Crippen molar-refractivity contribution in [2.45, 2.75) is 116 Å². The Morgan fingerprint density at radius 2 is 1.35 bits per heavy atom. The average molecular weight is 744 g/mol. The Labute approximate surface area is 326 Å². The summed E-state index contributed by atoms with van der Waals surface area (Å²) in [6, 6.07) is 29.1. The highest BCUT2D eigenvalue weighted by Crippen LogP contribution is 2.21. The van der Waals surface area contributed by atoms with Gasteiger partial charge in [-0.2, -0.15) is 5.10 Å². The van der Waals surface area contributed by atoms with Crippen LogP contribution < -0.4 is 25.5 Å². The smallest absolute Gasteiger partial charge is 0.290 e. The monoisotopic (exact) mass is 743 g/mol. The van der Waals surface area contributed by atoms with Gasteiger partial charge in [0.15, 0.2) is 11.9 Å². The van der Waals surface area contributed by atoms with Gasteiger partial charge in [0.1, 0.15) is 5.75 Å². The number of aryl methyl sites for hydroxylation is 1. The van der Waals surface area contributed by atoms with Crippen LogP contribution in [-0.2, 0) is 11.2 Å². The number of hydrogen-bond donors (Lipinski definition) is 2. The molecule has 0 aliphatic rings. The summed E-state index contributed by atoms with van der Waals surface area (Å²) in [6.45, 7) is 4.20. The summed E-state index contributed by atoms with van der Waals surface area (Å²) in [5.41, 5.74) is 2.50. The average Bonchev–Trinajstić information content (AvgIpc) is 3.54. The van der Waals surface area contributed by atoms with Gasteiger partial charge >= 0.3 is 0 Å². The van der Waals surface area contributed by atoms with Crippen molar-refractivity contribution in [2.75, 3.05) is 10.6 Å². The summed E-state index contributed by atoms with van der Waals surface area (Å²) in [4.78, 5) is 40.1. The molecule has 0 radical (unpaired) electrons. The lowest BCUT2D eigenvalue weighted by Gasteiger charge is -2.18. The van der Waals surface area contributed by atoms with E-state index in [2.05, 4.69) is 28.7 Å². The molecule has 2 amide bonds. The number of rotatable bonds is 23. The lowest BCUT2D eigenvalue weighted by molar-refractivity contribution is -0.595. The molecule has 2 aromatic heterocycles. The third-order valence-corrected chi connectivity index (χ3v) is 9.85. The van der Waals surface area contributed by atoms with Crippen LogP contribution in [0.25, 0.3) is 11.4 Å². The van der Waals surface area contributed by atoms with E-state index >= 15 is 0 Å². The number of carbonyl (C=O) groups excluding carboxylic acids is 2. The van der Waals surface area contributed by atoms with Gasteiger partial charge < -0.3 is 19.9 Å². The van der Waals surface area contributed by atoms with Gasteiger partial charge in [0.2, 0.25) is 5.69 Å². The summed E-state index contributed by atoms with van der Waals surface area (Å²) < 4.78 is 9.05. The van der Waals surface area contributed by atoms with E-state index in [1.165, 1.54) is 87.3 Å². The number of unbranched alkanes of at least 4 members (excludes halogenated alkanes) is 12. The van der Waals surface area contributed by atoms with E-state index < -0.39 is 11.7 Å². The van der Waals surface area contributed by atoms with Crippen molar-refractivity contribution in [3.8, 4) is 17.1 Å². The number of amides is 2. The number of anilines is 2. The minimum atomic E-state index is -0.674. The molecule has 0 aliphatic carbocycles. The highest BCUT2D eigenvalue weighted by atomic mass is 16.5. The normalized spacial score (nSPS) is 11.6. The first-order valence-electron chi connectivity index (χ1n) is 20.3. The first-order valence-corrected chi connectivity index (χ1v) is 20.3. The predicted octanol–water partition coefficient (Wildman–Crippen LogP) is 9.91. The highest BCUT2D eigenvalue weighted by molar-refractivity contribution is 6.04. The van der Waals surface area contributed by atoms with E-state index in [4.69, 9.17) is 4.74 Å². The first-order chi connectivity index (χ1) is 27.0. The van der Waals surface area contributed by atoms with Gasteiger partial charge in [-0.1, -0.05) is 139 Å². The molecule has 2 heterocycles. The number of aromatic nitrogens is 3. The number of hydrogen-bond acceptors (Lipinski definition) is 5. The highest BCUT2D eigenvalue weighted by Gasteiger charge is 2.22. The van der Waals surface area contributed by atoms with Gasteiger partial charge in [0.25, 0.3) is 17.4 Å². The fourth-order valence-corrected chi connectivity index (χ4v) is 6.72. The zero-order valence-electron chi connectivity index (χ0n) is 32.6. The molecule has 9 heteroatoms. The van der Waals surface area contributed by atoms with Crippen LogP contribution >= 0.6 is 0 Å². The Morgan fingerprint density at radius 1 is 0.727 bits per heavy atom. The van der Waals surface area contributed by atoms with Crippen molar-refractivity contribution < 1.29 is 18.9 Å². The number of pyridine rings is 1. The van der Waals surface area contributed by atoms with E-state index in [0.717, 1.165) is 12.8 Å². The molecule has 0 saturated carbocycles. The molecule has 0 fully saturated rings. The van der Waals surface area contributed by atoms with Crippen molar-refractivity contribution in [2.24, 2.45) is 0 Å². The fraction of sp³-hybridized carbons (Fsp3) is 0.391. The van der Waals surface area contributed by atoms with Gasteiger partial charge in [-0.3, -0.25) is 14.4 Å². The maximum Gasteiger partial charge on any atom is 0.290 e. The zero-order chi connectivity index (χ0) is 38.7. The van der Waals surface area contributed by atoms with Gasteiger partial charge in [0.05, 0.1) is 18.1 Å². The first kappa shape index (κ1) is 40.7. The summed E-state index contributed by atoms with van der Waals surface area (Å²) in [5, 5.41) is 10.3. The van der Waals surface area contributed by atoms with Crippen molar-refractivity contribution >= 4 is 23.3 Å². The maximum absolute atomic E-state index is 13.7. The number of benzene rings is 3. The SMILES string of the molecule is CCCCCCCCCCCCCCCc1cccc(OC(CC)C(=O)Nc2ccc(-n3nc(NC(=O)c4ccccc4)[c-](-[n+]4ccccc4)c3=O)cc2)c1. The number of nitrogens with one attached hydrogen (secondary N) is 2. The van der Waals surface area contributed by atoms with Gasteiger partial charge in [-0.25, -0.2) is 4.68 Å². The maximum atomic E-state index is 13.7. The molecule has 55 heavy (non-hydrogen) atoms. The van der Waals surface area contributed by atoms with Gasteiger partial charge in [-0.15, -0.1) is 0 Å². The van der Waals surface area contributed by atoms with Crippen LogP contribution in [0.15, 0.2) is 114 Å². The molecule has 0 bridgehead atoms. The van der Waals surface area contributed by atoms with Gasteiger partial charge in [-0.05, 0) is 73.4 Å². The molecule has 1 atom stereocenters. The van der Waals surface area contributed by atoms with Crippen molar-refractivity contribution in [1.82, 2.24) is 9.78 Å². The molecule has 0 spiro atoms. The van der Waals surface area contributed by atoms with Gasteiger partial charge in [0, 0.05) is 11.3 Å². The molecule has 5 aromatic rings. The number of ether oxygens (including phenoxy) is 1. The Kier molecular flexibility index (Phi) is 16.3. The molecule has 9 nitrogen and oxygen atoms in total. The molecule has 5 rings (SSSR count). The quantitative estimate of drug-likeness (QED) is 0.0394. The Balaban J connectivity index is 1.12. The Bertz CT molecular complexity index is 1950. The van der Waals surface area contributed by atoms with Crippen LogP contribution in [0.1, 0.15) is 120 Å². The lowest BCUT2D eigenvalue weighted by Crippen LogP contribution is -2.37. The van der Waals surface area contributed by atoms with Crippen LogP contribution in [0.2, 0.25) is 0 Å². The van der Waals surface area contributed by atoms with E-state index in [-0.39, 0.29) is 23.3 Å². The van der Waals surface area contributed by atoms with Crippen LogP contribution in [0.4, 0.5) is 11.5 Å². The Hall–Kier alpha value is -5.44. The van der Waals surface area contributed by atoms with Crippen LogP contribution in [-0.4, -0.2) is 27.7 Å². The number of nitrogens with zero attached hydrogens (tertiary/aromatic N) is 3. The van der Waals surface area contributed by atoms with Crippen LogP contribution in [0, 0.1) is 0 Å². The van der Waals surface area contributed by atoms with E-state index in [0.29, 0.717) is 29.1 Å². The second-order valence-electron chi connectivity index (χ2n) is 14.2.